The molecule has 0 aromatic heterocycles. The SMILES string of the molecule is CN(CCOc1ccccc1)C(=O)CCc1ccc(S(=O)(=O)N2CCOCC2)cc1. The fourth-order valence-electron chi connectivity index (χ4n) is 3.15. The smallest absolute Gasteiger partial charge is 0.243 e. The van der Waals surface area contributed by atoms with Gasteiger partial charge < -0.3 is 14.4 Å². The summed E-state index contributed by atoms with van der Waals surface area (Å²) in [5.41, 5.74) is 0.929. The second-order valence-electron chi connectivity index (χ2n) is 7.14. The number of carbonyl (C=O) groups excluding carboxylic acids is 1. The molecule has 1 aliphatic heterocycles. The molecular weight excluding hydrogens is 404 g/mol. The number of morpholine rings is 1. The van der Waals surface area contributed by atoms with Crippen LogP contribution < -0.4 is 4.74 Å². The predicted octanol–water partition coefficient (Wildman–Crippen LogP) is 2.18. The lowest BCUT2D eigenvalue weighted by molar-refractivity contribution is -0.130. The molecule has 2 aromatic carbocycles. The molecule has 0 spiro atoms. The van der Waals surface area contributed by atoms with E-state index in [0.29, 0.717) is 52.3 Å². The number of benzene rings is 2. The normalized spacial score (nSPS) is 15.0. The molecule has 0 radical (unpaired) electrons. The Bertz CT molecular complexity index is 910. The number of hydrogen-bond donors (Lipinski definition) is 0. The van der Waals surface area contributed by atoms with Gasteiger partial charge in [0.25, 0.3) is 0 Å². The van der Waals surface area contributed by atoms with E-state index < -0.39 is 10.0 Å². The van der Waals surface area contributed by atoms with Gasteiger partial charge in [-0.3, -0.25) is 4.79 Å². The first kappa shape index (κ1) is 22.3. The van der Waals surface area contributed by atoms with E-state index >= 15 is 0 Å². The number of rotatable bonds is 9. The van der Waals surface area contributed by atoms with Crippen molar-refractivity contribution in [2.24, 2.45) is 0 Å². The van der Waals surface area contributed by atoms with Gasteiger partial charge in [-0.15, -0.1) is 0 Å². The molecule has 0 unspecified atom stereocenters. The Balaban J connectivity index is 1.45. The zero-order chi connectivity index (χ0) is 21.4. The minimum atomic E-state index is -3.49. The minimum Gasteiger partial charge on any atom is -0.492 e. The number of carbonyl (C=O) groups is 1. The van der Waals surface area contributed by atoms with E-state index in [4.69, 9.17) is 9.47 Å². The van der Waals surface area contributed by atoms with Gasteiger partial charge in [0.05, 0.1) is 24.7 Å². The molecule has 3 rings (SSSR count). The lowest BCUT2D eigenvalue weighted by Gasteiger charge is -2.26. The van der Waals surface area contributed by atoms with Crippen molar-refractivity contribution < 1.29 is 22.7 Å². The third-order valence-electron chi connectivity index (χ3n) is 5.02. The topological polar surface area (TPSA) is 76.2 Å². The molecule has 1 heterocycles. The van der Waals surface area contributed by atoms with Crippen LogP contribution in [0.1, 0.15) is 12.0 Å². The van der Waals surface area contributed by atoms with Crippen molar-refractivity contribution in [1.29, 1.82) is 0 Å². The number of likely N-dealkylation sites (N-methyl/N-ethyl adjacent to an activating group) is 1. The highest BCUT2D eigenvalue weighted by molar-refractivity contribution is 7.89. The van der Waals surface area contributed by atoms with Crippen molar-refractivity contribution in [3.63, 3.8) is 0 Å². The maximum absolute atomic E-state index is 12.7. The van der Waals surface area contributed by atoms with Gasteiger partial charge in [0.2, 0.25) is 15.9 Å². The minimum absolute atomic E-state index is 0.0247. The maximum atomic E-state index is 12.7. The van der Waals surface area contributed by atoms with E-state index in [9.17, 15) is 13.2 Å². The Morgan fingerprint density at radius 1 is 1.07 bits per heavy atom. The first-order valence-corrected chi connectivity index (χ1v) is 11.5. The lowest BCUT2D eigenvalue weighted by Crippen LogP contribution is -2.40. The average Bonchev–Trinajstić information content (AvgIpc) is 2.79. The largest absolute Gasteiger partial charge is 0.492 e. The monoisotopic (exact) mass is 432 g/mol. The molecule has 1 amide bonds. The molecule has 1 fully saturated rings. The van der Waals surface area contributed by atoms with E-state index in [0.717, 1.165) is 11.3 Å². The second kappa shape index (κ2) is 10.6. The highest BCUT2D eigenvalue weighted by Crippen LogP contribution is 2.18. The van der Waals surface area contributed by atoms with Crippen molar-refractivity contribution >= 4 is 15.9 Å². The van der Waals surface area contributed by atoms with Crippen LogP contribution in [0.15, 0.2) is 59.5 Å². The van der Waals surface area contributed by atoms with Crippen LogP contribution in [-0.2, 0) is 26.0 Å². The van der Waals surface area contributed by atoms with Crippen LogP contribution in [0.25, 0.3) is 0 Å². The number of para-hydroxylation sites is 1. The molecule has 0 saturated carbocycles. The molecule has 1 aliphatic rings. The van der Waals surface area contributed by atoms with Gasteiger partial charge in [0.1, 0.15) is 12.4 Å². The molecule has 8 heteroatoms. The quantitative estimate of drug-likeness (QED) is 0.607. The molecular formula is C22H28N2O5S. The van der Waals surface area contributed by atoms with E-state index in [1.54, 1.807) is 36.2 Å². The molecule has 1 saturated heterocycles. The van der Waals surface area contributed by atoms with Gasteiger partial charge >= 0.3 is 0 Å². The third kappa shape index (κ3) is 6.04. The van der Waals surface area contributed by atoms with Crippen LogP contribution in [0.4, 0.5) is 0 Å². The van der Waals surface area contributed by atoms with E-state index in [2.05, 4.69) is 0 Å². The summed E-state index contributed by atoms with van der Waals surface area (Å²) in [6.45, 7) is 2.52. The van der Waals surface area contributed by atoms with Gasteiger partial charge in [0.15, 0.2) is 0 Å². The molecule has 0 bridgehead atoms. The van der Waals surface area contributed by atoms with Crippen LogP contribution in [0.2, 0.25) is 0 Å². The number of nitrogens with zero attached hydrogens (tertiary/aromatic N) is 2. The Labute approximate surface area is 178 Å². The molecule has 162 valence electrons. The predicted molar refractivity (Wildman–Crippen MR) is 114 cm³/mol. The van der Waals surface area contributed by atoms with Gasteiger partial charge in [-0.05, 0) is 36.2 Å². The highest BCUT2D eigenvalue weighted by atomic mass is 32.2. The molecule has 0 N–H and O–H groups in total. The number of aryl methyl sites for hydroxylation is 1. The first-order valence-electron chi connectivity index (χ1n) is 10.1. The van der Waals surface area contributed by atoms with Crippen molar-refractivity contribution in [3.8, 4) is 5.75 Å². The zero-order valence-electron chi connectivity index (χ0n) is 17.2. The number of ether oxygens (including phenoxy) is 2. The zero-order valence-corrected chi connectivity index (χ0v) is 18.0. The fourth-order valence-corrected chi connectivity index (χ4v) is 4.56. The van der Waals surface area contributed by atoms with Crippen LogP contribution in [0, 0.1) is 0 Å². The maximum Gasteiger partial charge on any atom is 0.243 e. The standard InChI is InChI=1S/C22H28N2O5S/c1-23(13-18-29-20-5-3-2-4-6-20)22(25)12-9-19-7-10-21(11-8-19)30(26,27)24-14-16-28-17-15-24/h2-8,10-11H,9,12-18H2,1H3. The Morgan fingerprint density at radius 3 is 2.40 bits per heavy atom. The fraction of sp³-hybridized carbons (Fsp3) is 0.409. The van der Waals surface area contributed by atoms with Gasteiger partial charge in [-0.1, -0.05) is 30.3 Å². The van der Waals surface area contributed by atoms with Gasteiger partial charge in [-0.2, -0.15) is 4.31 Å². The summed E-state index contributed by atoms with van der Waals surface area (Å²) in [5, 5.41) is 0. The molecule has 0 aliphatic carbocycles. The summed E-state index contributed by atoms with van der Waals surface area (Å²) < 4.78 is 37.6. The Hall–Kier alpha value is -2.42. The van der Waals surface area contributed by atoms with Crippen molar-refractivity contribution in [2.75, 3.05) is 46.5 Å². The average molecular weight is 433 g/mol. The molecule has 7 nitrogen and oxygen atoms in total. The third-order valence-corrected chi connectivity index (χ3v) is 6.94. The van der Waals surface area contributed by atoms with Crippen molar-refractivity contribution in [2.45, 2.75) is 17.7 Å². The summed E-state index contributed by atoms with van der Waals surface area (Å²) in [7, 11) is -1.73. The molecule has 2 aromatic rings. The number of hydrogen-bond acceptors (Lipinski definition) is 5. The van der Waals surface area contributed by atoms with Gasteiger partial charge in [0, 0.05) is 26.6 Å². The van der Waals surface area contributed by atoms with E-state index in [1.807, 2.05) is 30.3 Å². The first-order chi connectivity index (χ1) is 14.5. The van der Waals surface area contributed by atoms with E-state index in [1.165, 1.54) is 4.31 Å². The summed E-state index contributed by atoms with van der Waals surface area (Å²) in [5.74, 6) is 0.808. The van der Waals surface area contributed by atoms with Gasteiger partial charge in [-0.25, -0.2) is 8.42 Å². The Morgan fingerprint density at radius 2 is 1.73 bits per heavy atom. The summed E-state index contributed by atoms with van der Waals surface area (Å²) in [6.07, 6.45) is 0.915. The Kier molecular flexibility index (Phi) is 7.84. The number of amides is 1. The summed E-state index contributed by atoms with van der Waals surface area (Å²) in [6, 6.07) is 16.3. The number of sulfonamides is 1. The highest BCUT2D eigenvalue weighted by Gasteiger charge is 2.26. The van der Waals surface area contributed by atoms with E-state index in [-0.39, 0.29) is 10.8 Å². The van der Waals surface area contributed by atoms with Crippen molar-refractivity contribution in [3.05, 3.63) is 60.2 Å². The second-order valence-corrected chi connectivity index (χ2v) is 9.08. The van der Waals surface area contributed by atoms with Crippen LogP contribution in [0.5, 0.6) is 5.75 Å². The molecule has 30 heavy (non-hydrogen) atoms. The molecule has 0 atom stereocenters. The summed E-state index contributed by atoms with van der Waals surface area (Å²) in [4.78, 5) is 14.3. The van der Waals surface area contributed by atoms with Crippen LogP contribution in [0.3, 0.4) is 0 Å². The van der Waals surface area contributed by atoms with Crippen LogP contribution in [-0.4, -0.2) is 70.0 Å². The summed E-state index contributed by atoms with van der Waals surface area (Å²) >= 11 is 0. The van der Waals surface area contributed by atoms with Crippen LogP contribution >= 0.6 is 0 Å². The van der Waals surface area contributed by atoms with Crippen molar-refractivity contribution in [1.82, 2.24) is 9.21 Å². The lowest BCUT2D eigenvalue weighted by atomic mass is 10.1.